The summed E-state index contributed by atoms with van der Waals surface area (Å²) in [4.78, 5) is 34.7. The largest absolute Gasteiger partial charge is 0.481 e. The van der Waals surface area contributed by atoms with Gasteiger partial charge in [0.15, 0.2) is 12.4 Å². The molecule has 8 nitrogen and oxygen atoms in total. The van der Waals surface area contributed by atoms with Gasteiger partial charge in [-0.1, -0.05) is 20.8 Å². The van der Waals surface area contributed by atoms with Gasteiger partial charge < -0.3 is 24.1 Å². The van der Waals surface area contributed by atoms with Crippen molar-refractivity contribution in [2.45, 2.75) is 52.1 Å². The molecule has 0 bridgehead atoms. The Morgan fingerprint density at radius 1 is 1.17 bits per heavy atom. The molecule has 1 heterocycles. The standard InChI is InChI=1S/C15H24O8/c1-5-10(16)22-9-7-21-15(20-4)12(8(3)14(18)19)13(9)23-11(17)6-2/h8-9,12-13,15H,5-7H2,1-4H3,(H,18,19)/t8?,9-,12-,13-,15-/m1/s1. The highest BCUT2D eigenvalue weighted by atomic mass is 16.7. The lowest BCUT2D eigenvalue weighted by molar-refractivity contribution is -0.261. The maximum atomic E-state index is 11.7. The zero-order valence-electron chi connectivity index (χ0n) is 13.8. The molecule has 0 spiro atoms. The summed E-state index contributed by atoms with van der Waals surface area (Å²) in [6, 6.07) is 0. The highest BCUT2D eigenvalue weighted by molar-refractivity contribution is 5.72. The van der Waals surface area contributed by atoms with Crippen LogP contribution < -0.4 is 0 Å². The maximum absolute atomic E-state index is 11.7. The molecule has 1 aliphatic heterocycles. The van der Waals surface area contributed by atoms with Crippen molar-refractivity contribution < 1.29 is 38.4 Å². The molecular weight excluding hydrogens is 308 g/mol. The van der Waals surface area contributed by atoms with Crippen LogP contribution in [-0.2, 0) is 33.3 Å². The van der Waals surface area contributed by atoms with Crippen molar-refractivity contribution in [1.29, 1.82) is 0 Å². The Morgan fingerprint density at radius 3 is 2.22 bits per heavy atom. The number of ether oxygens (including phenoxy) is 4. The number of hydrogen-bond donors (Lipinski definition) is 1. The lowest BCUT2D eigenvalue weighted by atomic mass is 9.83. The second-order valence-corrected chi connectivity index (χ2v) is 5.33. The molecule has 0 aromatic carbocycles. The van der Waals surface area contributed by atoms with Crippen molar-refractivity contribution in [2.75, 3.05) is 13.7 Å². The van der Waals surface area contributed by atoms with Gasteiger partial charge in [0, 0.05) is 20.0 Å². The molecule has 132 valence electrons. The van der Waals surface area contributed by atoms with E-state index in [4.69, 9.17) is 18.9 Å². The molecule has 1 N–H and O–H groups in total. The number of esters is 2. The minimum atomic E-state index is -1.08. The van der Waals surface area contributed by atoms with Crippen molar-refractivity contribution in [3.05, 3.63) is 0 Å². The first-order chi connectivity index (χ1) is 10.8. The molecule has 1 unspecified atom stereocenters. The molecule has 0 aromatic rings. The van der Waals surface area contributed by atoms with E-state index < -0.39 is 48.2 Å². The Hall–Kier alpha value is -1.67. The zero-order chi connectivity index (χ0) is 17.6. The Balaban J connectivity index is 3.10. The first-order valence-electron chi connectivity index (χ1n) is 7.61. The predicted molar refractivity (Wildman–Crippen MR) is 77.4 cm³/mol. The van der Waals surface area contributed by atoms with Crippen molar-refractivity contribution in [3.63, 3.8) is 0 Å². The molecule has 0 aliphatic carbocycles. The summed E-state index contributed by atoms with van der Waals surface area (Å²) in [5.74, 6) is -3.78. The van der Waals surface area contributed by atoms with Gasteiger partial charge in [0.05, 0.1) is 18.4 Å². The number of methoxy groups -OCH3 is 1. The van der Waals surface area contributed by atoms with Crippen LogP contribution >= 0.6 is 0 Å². The third-order valence-corrected chi connectivity index (χ3v) is 3.81. The third kappa shape index (κ3) is 4.90. The average molecular weight is 332 g/mol. The molecule has 0 saturated carbocycles. The minimum absolute atomic E-state index is 0.0330. The number of carbonyl (C=O) groups is 3. The number of hydrogen-bond acceptors (Lipinski definition) is 7. The Bertz CT molecular complexity index is 435. The molecule has 0 radical (unpaired) electrons. The van der Waals surface area contributed by atoms with E-state index in [0.717, 1.165) is 0 Å². The van der Waals surface area contributed by atoms with Crippen LogP contribution in [0.15, 0.2) is 0 Å². The predicted octanol–water partition coefficient (Wildman–Crippen LogP) is 0.970. The van der Waals surface area contributed by atoms with E-state index in [1.807, 2.05) is 0 Å². The second-order valence-electron chi connectivity index (χ2n) is 5.33. The Kier molecular flexibility index (Phi) is 7.44. The van der Waals surface area contributed by atoms with Gasteiger partial charge in [0.2, 0.25) is 0 Å². The van der Waals surface area contributed by atoms with Crippen molar-refractivity contribution in [3.8, 4) is 0 Å². The van der Waals surface area contributed by atoms with Crippen LogP contribution in [0.5, 0.6) is 0 Å². The third-order valence-electron chi connectivity index (χ3n) is 3.81. The second kappa shape index (κ2) is 8.83. The lowest BCUT2D eigenvalue weighted by Crippen LogP contribution is -2.56. The van der Waals surface area contributed by atoms with Gasteiger partial charge in [-0.3, -0.25) is 14.4 Å². The van der Waals surface area contributed by atoms with Gasteiger partial charge in [0.1, 0.15) is 6.10 Å². The minimum Gasteiger partial charge on any atom is -0.481 e. The van der Waals surface area contributed by atoms with Gasteiger partial charge in [-0.05, 0) is 0 Å². The molecule has 0 amide bonds. The molecule has 23 heavy (non-hydrogen) atoms. The van der Waals surface area contributed by atoms with Gasteiger partial charge in [-0.25, -0.2) is 0 Å². The molecule has 5 atom stereocenters. The number of carboxylic acid groups (broad SMARTS) is 1. The monoisotopic (exact) mass is 332 g/mol. The molecule has 1 saturated heterocycles. The maximum Gasteiger partial charge on any atom is 0.306 e. The fraction of sp³-hybridized carbons (Fsp3) is 0.800. The molecule has 1 fully saturated rings. The molecule has 0 aromatic heterocycles. The van der Waals surface area contributed by atoms with Gasteiger partial charge in [0.25, 0.3) is 0 Å². The van der Waals surface area contributed by atoms with Gasteiger partial charge >= 0.3 is 17.9 Å². The smallest absolute Gasteiger partial charge is 0.306 e. The zero-order valence-corrected chi connectivity index (χ0v) is 13.8. The number of carbonyl (C=O) groups excluding carboxylic acids is 2. The fourth-order valence-corrected chi connectivity index (χ4v) is 2.45. The van der Waals surface area contributed by atoms with E-state index in [-0.39, 0.29) is 19.4 Å². The van der Waals surface area contributed by atoms with Crippen LogP contribution in [0.3, 0.4) is 0 Å². The van der Waals surface area contributed by atoms with Crippen LogP contribution in [0.4, 0.5) is 0 Å². The van der Waals surface area contributed by atoms with Crippen molar-refractivity contribution in [2.24, 2.45) is 11.8 Å². The number of carboxylic acids is 1. The molecule has 8 heteroatoms. The SMILES string of the molecule is CCC(=O)O[C@H]1[C@@H](C(C)C(=O)O)[C@H](OC)OC[C@H]1OC(=O)CC. The summed E-state index contributed by atoms with van der Waals surface area (Å²) in [7, 11) is 1.38. The summed E-state index contributed by atoms with van der Waals surface area (Å²) in [5.41, 5.74) is 0. The van der Waals surface area contributed by atoms with E-state index in [1.54, 1.807) is 13.8 Å². The van der Waals surface area contributed by atoms with E-state index in [1.165, 1.54) is 14.0 Å². The summed E-state index contributed by atoms with van der Waals surface area (Å²) in [5, 5.41) is 9.31. The highest BCUT2D eigenvalue weighted by Gasteiger charge is 2.49. The van der Waals surface area contributed by atoms with Crippen LogP contribution in [0.25, 0.3) is 0 Å². The first-order valence-corrected chi connectivity index (χ1v) is 7.61. The average Bonchev–Trinajstić information content (AvgIpc) is 2.54. The number of aliphatic carboxylic acids is 1. The summed E-state index contributed by atoms with van der Waals surface area (Å²) in [6.07, 6.45) is -2.40. The van der Waals surface area contributed by atoms with Gasteiger partial charge in [-0.15, -0.1) is 0 Å². The topological polar surface area (TPSA) is 108 Å². The van der Waals surface area contributed by atoms with E-state index in [2.05, 4.69) is 0 Å². The van der Waals surface area contributed by atoms with Crippen LogP contribution in [0.2, 0.25) is 0 Å². The quantitative estimate of drug-likeness (QED) is 0.687. The first kappa shape index (κ1) is 19.4. The van der Waals surface area contributed by atoms with Crippen LogP contribution in [0, 0.1) is 11.8 Å². The molecular formula is C15H24O8. The van der Waals surface area contributed by atoms with Gasteiger partial charge in [-0.2, -0.15) is 0 Å². The molecule has 1 aliphatic rings. The van der Waals surface area contributed by atoms with E-state index in [0.29, 0.717) is 0 Å². The van der Waals surface area contributed by atoms with Crippen molar-refractivity contribution >= 4 is 17.9 Å². The Labute approximate surface area is 135 Å². The summed E-state index contributed by atoms with van der Waals surface area (Å²) >= 11 is 0. The van der Waals surface area contributed by atoms with E-state index in [9.17, 15) is 19.5 Å². The van der Waals surface area contributed by atoms with Crippen LogP contribution in [0.1, 0.15) is 33.6 Å². The molecule has 1 rings (SSSR count). The summed E-state index contributed by atoms with van der Waals surface area (Å²) < 4.78 is 21.3. The van der Waals surface area contributed by atoms with E-state index >= 15 is 0 Å². The summed E-state index contributed by atoms with van der Waals surface area (Å²) in [6.45, 7) is 4.69. The highest BCUT2D eigenvalue weighted by Crippen LogP contribution is 2.33. The Morgan fingerprint density at radius 2 is 1.74 bits per heavy atom. The lowest BCUT2D eigenvalue weighted by Gasteiger charge is -2.42. The van der Waals surface area contributed by atoms with Crippen molar-refractivity contribution in [1.82, 2.24) is 0 Å². The number of rotatable bonds is 7. The fourth-order valence-electron chi connectivity index (χ4n) is 2.45. The normalized spacial score (nSPS) is 28.7. The van der Waals surface area contributed by atoms with Crippen LogP contribution in [-0.4, -0.2) is 55.2 Å².